The van der Waals surface area contributed by atoms with Crippen LogP contribution in [0.1, 0.15) is 67.2 Å². The van der Waals surface area contributed by atoms with E-state index in [1.54, 1.807) is 14.7 Å². The van der Waals surface area contributed by atoms with E-state index in [1.165, 1.54) is 0 Å². The standard InChI is InChI=1S/C34H40N4O6/c1-34(2,3)44-33(42)37-18-15-24-27(20-37)35-26-12-7-11-25(29(24)26)30(39)38-16-8-13-28(38)31(40)36-17-14-23(19-36)32(41)43-21-22-9-5-4-6-10-22/h4-7,9-12,23,28,35H,8,13-21H2,1-3H3/t23-,28-/m0/s1. The van der Waals surface area contributed by atoms with Crippen LogP contribution in [0.4, 0.5) is 4.79 Å². The van der Waals surface area contributed by atoms with E-state index in [0.29, 0.717) is 57.5 Å². The highest BCUT2D eigenvalue weighted by Crippen LogP contribution is 2.33. The summed E-state index contributed by atoms with van der Waals surface area (Å²) in [4.78, 5) is 61.8. The molecule has 6 rings (SSSR count). The van der Waals surface area contributed by atoms with Crippen molar-refractivity contribution >= 4 is 34.8 Å². The third kappa shape index (κ3) is 6.02. The number of nitrogens with zero attached hydrogens (tertiary/aromatic N) is 3. The second kappa shape index (κ2) is 12.0. The number of ether oxygens (including phenoxy) is 2. The third-order valence-corrected chi connectivity index (χ3v) is 8.73. The Kier molecular flexibility index (Phi) is 8.09. The maximum Gasteiger partial charge on any atom is 0.410 e. The summed E-state index contributed by atoms with van der Waals surface area (Å²) in [5.74, 6) is -0.933. The molecule has 0 spiro atoms. The molecule has 44 heavy (non-hydrogen) atoms. The summed E-state index contributed by atoms with van der Waals surface area (Å²) < 4.78 is 11.1. The largest absolute Gasteiger partial charge is 0.461 e. The summed E-state index contributed by atoms with van der Waals surface area (Å²) in [6.45, 7) is 7.90. The number of carbonyl (C=O) groups excluding carboxylic acids is 4. The number of esters is 1. The van der Waals surface area contributed by atoms with Crippen molar-refractivity contribution in [2.75, 3.05) is 26.2 Å². The van der Waals surface area contributed by atoms with Crippen LogP contribution in [0.15, 0.2) is 48.5 Å². The van der Waals surface area contributed by atoms with E-state index in [-0.39, 0.29) is 36.4 Å². The summed E-state index contributed by atoms with van der Waals surface area (Å²) in [6, 6.07) is 14.6. The van der Waals surface area contributed by atoms with Crippen LogP contribution in [0.3, 0.4) is 0 Å². The Morgan fingerprint density at radius 2 is 1.73 bits per heavy atom. The number of likely N-dealkylation sites (tertiary alicyclic amines) is 2. The molecule has 3 aliphatic rings. The van der Waals surface area contributed by atoms with Gasteiger partial charge in [-0.05, 0) is 69.7 Å². The fourth-order valence-corrected chi connectivity index (χ4v) is 6.59. The number of hydrogen-bond donors (Lipinski definition) is 1. The quantitative estimate of drug-likeness (QED) is 0.427. The molecule has 4 heterocycles. The molecule has 0 bridgehead atoms. The van der Waals surface area contributed by atoms with Gasteiger partial charge in [-0.1, -0.05) is 36.4 Å². The number of hydrogen-bond acceptors (Lipinski definition) is 6. The molecule has 10 heteroatoms. The first-order valence-electron chi connectivity index (χ1n) is 15.5. The highest BCUT2D eigenvalue weighted by Gasteiger charge is 2.41. The smallest absolute Gasteiger partial charge is 0.410 e. The van der Waals surface area contributed by atoms with Crippen molar-refractivity contribution in [1.29, 1.82) is 0 Å². The first kappa shape index (κ1) is 29.7. The zero-order valence-corrected chi connectivity index (χ0v) is 25.6. The first-order chi connectivity index (χ1) is 21.1. The minimum atomic E-state index is -0.581. The van der Waals surface area contributed by atoms with Gasteiger partial charge in [0, 0.05) is 48.3 Å². The fraction of sp³-hybridized carbons (Fsp3) is 0.471. The summed E-state index contributed by atoms with van der Waals surface area (Å²) >= 11 is 0. The van der Waals surface area contributed by atoms with E-state index < -0.39 is 11.6 Å². The number of H-pyrrole nitrogens is 1. The molecule has 2 atom stereocenters. The Morgan fingerprint density at radius 1 is 0.932 bits per heavy atom. The molecular weight excluding hydrogens is 560 g/mol. The minimum Gasteiger partial charge on any atom is -0.461 e. The molecule has 3 aliphatic heterocycles. The second-order valence-corrected chi connectivity index (χ2v) is 13.0. The van der Waals surface area contributed by atoms with Crippen molar-refractivity contribution in [3.63, 3.8) is 0 Å². The van der Waals surface area contributed by atoms with Gasteiger partial charge in [0.05, 0.1) is 12.5 Å². The predicted molar refractivity (Wildman–Crippen MR) is 164 cm³/mol. The van der Waals surface area contributed by atoms with Crippen LogP contribution >= 0.6 is 0 Å². The first-order valence-corrected chi connectivity index (χ1v) is 15.5. The van der Waals surface area contributed by atoms with Crippen molar-refractivity contribution in [2.45, 2.75) is 71.2 Å². The maximum absolute atomic E-state index is 14.1. The number of aromatic amines is 1. The van der Waals surface area contributed by atoms with Crippen molar-refractivity contribution in [3.8, 4) is 0 Å². The van der Waals surface area contributed by atoms with Gasteiger partial charge in [0.2, 0.25) is 5.91 Å². The average molecular weight is 601 g/mol. The molecule has 3 amide bonds. The number of amides is 3. The summed E-state index contributed by atoms with van der Waals surface area (Å²) in [7, 11) is 0. The predicted octanol–water partition coefficient (Wildman–Crippen LogP) is 4.66. The van der Waals surface area contributed by atoms with Gasteiger partial charge in [0.1, 0.15) is 18.2 Å². The Labute approximate surface area is 257 Å². The fourth-order valence-electron chi connectivity index (χ4n) is 6.59. The van der Waals surface area contributed by atoms with E-state index in [4.69, 9.17) is 9.47 Å². The molecule has 2 fully saturated rings. The van der Waals surface area contributed by atoms with Gasteiger partial charge in [-0.15, -0.1) is 0 Å². The SMILES string of the molecule is CC(C)(C)OC(=O)N1CCc2c([nH]c3cccc(C(=O)N4CCC[C@H]4C(=O)N4CC[C@H](C(=O)OCc5ccccc5)C4)c23)C1. The summed E-state index contributed by atoms with van der Waals surface area (Å²) in [5, 5.41) is 0.858. The lowest BCUT2D eigenvalue weighted by molar-refractivity contribution is -0.149. The van der Waals surface area contributed by atoms with Gasteiger partial charge < -0.3 is 29.2 Å². The molecule has 0 saturated carbocycles. The maximum atomic E-state index is 14.1. The molecule has 232 valence electrons. The van der Waals surface area contributed by atoms with E-state index >= 15 is 0 Å². The third-order valence-electron chi connectivity index (χ3n) is 8.73. The molecule has 0 radical (unpaired) electrons. The normalized spacial score (nSPS) is 20.1. The molecule has 1 aromatic heterocycles. The number of benzene rings is 2. The van der Waals surface area contributed by atoms with Crippen LogP contribution in [0.2, 0.25) is 0 Å². The van der Waals surface area contributed by atoms with Crippen molar-refractivity contribution in [2.24, 2.45) is 5.92 Å². The number of nitrogens with one attached hydrogen (secondary N) is 1. The van der Waals surface area contributed by atoms with Gasteiger partial charge >= 0.3 is 12.1 Å². The lowest BCUT2D eigenvalue weighted by Crippen LogP contribution is -2.47. The summed E-state index contributed by atoms with van der Waals surface area (Å²) in [6.07, 6.45) is 2.12. The molecule has 0 unspecified atom stereocenters. The van der Waals surface area contributed by atoms with Gasteiger partial charge in [0.25, 0.3) is 5.91 Å². The van der Waals surface area contributed by atoms with Crippen LogP contribution in [-0.2, 0) is 38.6 Å². The van der Waals surface area contributed by atoms with E-state index in [1.807, 2.05) is 69.3 Å². The van der Waals surface area contributed by atoms with Gasteiger partial charge in [0.15, 0.2) is 0 Å². The molecular formula is C34H40N4O6. The molecule has 0 aliphatic carbocycles. The molecule has 3 aromatic rings. The zero-order chi connectivity index (χ0) is 31.0. The topological polar surface area (TPSA) is 112 Å². The zero-order valence-electron chi connectivity index (χ0n) is 25.6. The van der Waals surface area contributed by atoms with Crippen LogP contribution < -0.4 is 0 Å². The molecule has 2 aromatic carbocycles. The van der Waals surface area contributed by atoms with Gasteiger partial charge in [-0.2, -0.15) is 0 Å². The summed E-state index contributed by atoms with van der Waals surface area (Å²) in [5.41, 5.74) is 3.67. The Balaban J connectivity index is 1.14. The minimum absolute atomic E-state index is 0.106. The molecule has 2 saturated heterocycles. The van der Waals surface area contributed by atoms with Crippen LogP contribution in [0, 0.1) is 5.92 Å². The van der Waals surface area contributed by atoms with E-state index in [9.17, 15) is 19.2 Å². The van der Waals surface area contributed by atoms with Crippen molar-refractivity contribution in [1.82, 2.24) is 19.7 Å². The Bertz CT molecular complexity index is 1580. The van der Waals surface area contributed by atoms with Crippen LogP contribution in [0.25, 0.3) is 10.9 Å². The second-order valence-electron chi connectivity index (χ2n) is 13.0. The average Bonchev–Trinajstić information content (AvgIpc) is 3.77. The Hall–Kier alpha value is -4.34. The molecule has 10 nitrogen and oxygen atoms in total. The van der Waals surface area contributed by atoms with Crippen LogP contribution in [-0.4, -0.2) is 81.4 Å². The lowest BCUT2D eigenvalue weighted by Gasteiger charge is -2.30. The van der Waals surface area contributed by atoms with Gasteiger partial charge in [-0.3, -0.25) is 14.4 Å². The monoisotopic (exact) mass is 600 g/mol. The lowest BCUT2D eigenvalue weighted by atomic mass is 9.98. The Morgan fingerprint density at radius 3 is 2.50 bits per heavy atom. The highest BCUT2D eigenvalue weighted by atomic mass is 16.6. The van der Waals surface area contributed by atoms with Crippen molar-refractivity contribution in [3.05, 3.63) is 70.9 Å². The number of fused-ring (bicyclic) bond motifs is 3. The van der Waals surface area contributed by atoms with Crippen LogP contribution in [0.5, 0.6) is 0 Å². The number of rotatable bonds is 5. The van der Waals surface area contributed by atoms with E-state index in [0.717, 1.165) is 34.1 Å². The van der Waals surface area contributed by atoms with Gasteiger partial charge in [-0.25, -0.2) is 4.79 Å². The number of aromatic nitrogens is 1. The molecule has 1 N–H and O–H groups in total. The number of carbonyl (C=O) groups is 4. The highest BCUT2D eigenvalue weighted by molar-refractivity contribution is 6.09. The van der Waals surface area contributed by atoms with E-state index in [2.05, 4.69) is 4.98 Å². The van der Waals surface area contributed by atoms with Crippen molar-refractivity contribution < 1.29 is 28.7 Å².